The van der Waals surface area contributed by atoms with Gasteiger partial charge in [0.1, 0.15) is 0 Å². The third kappa shape index (κ3) is 11.8. The third-order valence-electron chi connectivity index (χ3n) is 3.87. The fourth-order valence-corrected chi connectivity index (χ4v) is 2.14. The molecule has 0 aliphatic carbocycles. The molecular formula is C18H34N4O2. The molecule has 0 rings (SSSR count). The summed E-state index contributed by atoms with van der Waals surface area (Å²) in [7, 11) is 0. The van der Waals surface area contributed by atoms with E-state index in [1.165, 1.54) is 0 Å². The van der Waals surface area contributed by atoms with Gasteiger partial charge in [-0.25, -0.2) is 10.9 Å². The molecule has 0 aromatic rings. The topological polar surface area (TPSA) is 82.9 Å². The number of rotatable bonds is 13. The molecule has 0 saturated carbocycles. The first kappa shape index (κ1) is 22.3. The minimum absolute atomic E-state index is 0.0341. The van der Waals surface area contributed by atoms with Crippen LogP contribution in [0.4, 0.5) is 0 Å². The Balaban J connectivity index is 3.70. The average Bonchev–Trinajstić information content (AvgIpc) is 2.59. The van der Waals surface area contributed by atoms with Gasteiger partial charge in [0.25, 0.3) is 0 Å². The summed E-state index contributed by atoms with van der Waals surface area (Å²) < 4.78 is 0. The lowest BCUT2D eigenvalue weighted by atomic mass is 10.1. The second-order valence-electron chi connectivity index (χ2n) is 5.75. The fraction of sp³-hybridized carbons (Fsp3) is 0.778. The Morgan fingerprint density at radius 2 is 0.958 bits per heavy atom. The zero-order valence-electron chi connectivity index (χ0n) is 15.8. The molecule has 0 aromatic carbocycles. The minimum atomic E-state index is -0.0341. The highest BCUT2D eigenvalue weighted by Crippen LogP contribution is 2.05. The summed E-state index contributed by atoms with van der Waals surface area (Å²) in [6.07, 6.45) is 7.95. The van der Waals surface area contributed by atoms with Crippen LogP contribution >= 0.6 is 0 Å². The van der Waals surface area contributed by atoms with Crippen molar-refractivity contribution >= 4 is 23.2 Å². The number of unbranched alkanes of at least 4 members (excludes halogenated alkanes) is 3. The smallest absolute Gasteiger partial charge is 0.240 e. The molecule has 0 unspecified atom stereocenters. The van der Waals surface area contributed by atoms with Gasteiger partial charge >= 0.3 is 0 Å². The largest absolute Gasteiger partial charge is 0.273 e. The lowest BCUT2D eigenvalue weighted by Crippen LogP contribution is -2.19. The Labute approximate surface area is 146 Å². The number of carbonyl (C=O) groups excluding carboxylic acids is 2. The monoisotopic (exact) mass is 338 g/mol. The quantitative estimate of drug-likeness (QED) is 0.303. The van der Waals surface area contributed by atoms with Crippen molar-refractivity contribution in [3.05, 3.63) is 0 Å². The van der Waals surface area contributed by atoms with Crippen molar-refractivity contribution < 1.29 is 9.59 Å². The first-order valence-corrected chi connectivity index (χ1v) is 9.25. The average molecular weight is 338 g/mol. The van der Waals surface area contributed by atoms with Crippen LogP contribution in [0.1, 0.15) is 91.9 Å². The molecule has 24 heavy (non-hydrogen) atoms. The number of carbonyl (C=O) groups is 2. The van der Waals surface area contributed by atoms with Gasteiger partial charge in [0.15, 0.2) is 0 Å². The van der Waals surface area contributed by atoms with Gasteiger partial charge in [-0.2, -0.15) is 10.2 Å². The second-order valence-corrected chi connectivity index (χ2v) is 5.75. The SMILES string of the molecule is CCC(CC)=NNC(=O)CCCCCCC(=O)NN=C(CC)CC. The number of nitrogens with zero attached hydrogens (tertiary/aromatic N) is 2. The molecule has 0 saturated heterocycles. The molecule has 0 radical (unpaired) electrons. The fourth-order valence-electron chi connectivity index (χ4n) is 2.14. The van der Waals surface area contributed by atoms with Crippen molar-refractivity contribution in [1.29, 1.82) is 0 Å². The molecule has 0 atom stereocenters. The van der Waals surface area contributed by atoms with Crippen molar-refractivity contribution in [3.8, 4) is 0 Å². The Kier molecular flexibility index (Phi) is 13.8. The Morgan fingerprint density at radius 3 is 1.25 bits per heavy atom. The molecule has 138 valence electrons. The maximum absolute atomic E-state index is 11.6. The van der Waals surface area contributed by atoms with Crippen molar-refractivity contribution in [2.75, 3.05) is 0 Å². The van der Waals surface area contributed by atoms with Crippen LogP contribution in [0.2, 0.25) is 0 Å². The number of hydrogen-bond donors (Lipinski definition) is 2. The molecule has 0 aliphatic rings. The normalized spacial score (nSPS) is 10.0. The summed E-state index contributed by atoms with van der Waals surface area (Å²) in [5.41, 5.74) is 7.22. The van der Waals surface area contributed by atoms with Crippen molar-refractivity contribution in [1.82, 2.24) is 10.9 Å². The molecule has 0 aromatic heterocycles. The number of nitrogens with one attached hydrogen (secondary N) is 2. The Hall–Kier alpha value is -1.72. The van der Waals surface area contributed by atoms with Gasteiger partial charge in [0, 0.05) is 24.3 Å². The van der Waals surface area contributed by atoms with Crippen LogP contribution in [-0.2, 0) is 9.59 Å². The zero-order valence-corrected chi connectivity index (χ0v) is 15.8. The van der Waals surface area contributed by atoms with E-state index in [2.05, 4.69) is 21.1 Å². The van der Waals surface area contributed by atoms with Gasteiger partial charge in [-0.1, -0.05) is 40.5 Å². The highest BCUT2D eigenvalue weighted by Gasteiger charge is 2.03. The van der Waals surface area contributed by atoms with Crippen LogP contribution in [0.25, 0.3) is 0 Å². The molecular weight excluding hydrogens is 304 g/mol. The van der Waals surface area contributed by atoms with Crippen LogP contribution < -0.4 is 10.9 Å². The standard InChI is InChI=1S/C18H34N4O2/c1-5-15(6-2)19-21-17(23)13-11-9-10-12-14-18(24)22-20-16(7-3)8-4/h5-14H2,1-4H3,(H,21,23)(H,22,24). The van der Waals surface area contributed by atoms with E-state index >= 15 is 0 Å². The molecule has 0 spiro atoms. The lowest BCUT2D eigenvalue weighted by Gasteiger charge is -2.04. The number of amides is 2. The van der Waals surface area contributed by atoms with Gasteiger partial charge in [-0.3, -0.25) is 9.59 Å². The Bertz CT molecular complexity index is 379. The predicted molar refractivity (Wildman–Crippen MR) is 100 cm³/mol. The molecule has 6 nitrogen and oxygen atoms in total. The summed E-state index contributed by atoms with van der Waals surface area (Å²) >= 11 is 0. The molecule has 2 N–H and O–H groups in total. The maximum Gasteiger partial charge on any atom is 0.240 e. The molecule has 0 aliphatic heterocycles. The van der Waals surface area contributed by atoms with Crippen LogP contribution in [0, 0.1) is 0 Å². The van der Waals surface area contributed by atoms with E-state index in [9.17, 15) is 9.59 Å². The van der Waals surface area contributed by atoms with E-state index in [4.69, 9.17) is 0 Å². The van der Waals surface area contributed by atoms with Crippen LogP contribution in [0.5, 0.6) is 0 Å². The van der Waals surface area contributed by atoms with E-state index in [-0.39, 0.29) is 11.8 Å². The van der Waals surface area contributed by atoms with Crippen molar-refractivity contribution in [2.45, 2.75) is 91.9 Å². The van der Waals surface area contributed by atoms with Gasteiger partial charge in [0.2, 0.25) is 11.8 Å². The maximum atomic E-state index is 11.6. The predicted octanol–water partition coefficient (Wildman–Crippen LogP) is 3.91. The highest BCUT2D eigenvalue weighted by atomic mass is 16.2. The van der Waals surface area contributed by atoms with Gasteiger partial charge < -0.3 is 0 Å². The number of hydrogen-bond acceptors (Lipinski definition) is 4. The Morgan fingerprint density at radius 1 is 0.625 bits per heavy atom. The van der Waals surface area contributed by atoms with Crippen molar-refractivity contribution in [3.63, 3.8) is 0 Å². The number of hydrazone groups is 2. The molecule has 0 bridgehead atoms. The summed E-state index contributed by atoms with van der Waals surface area (Å²) in [4.78, 5) is 23.3. The van der Waals surface area contributed by atoms with E-state index in [0.717, 1.165) is 62.8 Å². The van der Waals surface area contributed by atoms with Gasteiger partial charge in [-0.05, 0) is 38.5 Å². The first-order chi connectivity index (χ1) is 11.6. The summed E-state index contributed by atoms with van der Waals surface area (Å²) in [5.74, 6) is -0.0683. The van der Waals surface area contributed by atoms with Gasteiger partial charge in [0.05, 0.1) is 0 Å². The highest BCUT2D eigenvalue weighted by molar-refractivity contribution is 5.86. The summed E-state index contributed by atoms with van der Waals surface area (Å²) in [5, 5.41) is 8.20. The van der Waals surface area contributed by atoms with E-state index in [1.54, 1.807) is 0 Å². The minimum Gasteiger partial charge on any atom is -0.273 e. The van der Waals surface area contributed by atoms with E-state index < -0.39 is 0 Å². The second kappa shape index (κ2) is 14.8. The van der Waals surface area contributed by atoms with Crippen molar-refractivity contribution in [2.24, 2.45) is 10.2 Å². The molecule has 6 heteroatoms. The summed E-state index contributed by atoms with van der Waals surface area (Å²) in [6.45, 7) is 8.12. The first-order valence-electron chi connectivity index (χ1n) is 9.25. The molecule has 0 fully saturated rings. The van der Waals surface area contributed by atoms with Crippen LogP contribution in [0.3, 0.4) is 0 Å². The van der Waals surface area contributed by atoms with Crippen LogP contribution in [-0.4, -0.2) is 23.2 Å². The summed E-state index contributed by atoms with van der Waals surface area (Å²) in [6, 6.07) is 0. The van der Waals surface area contributed by atoms with E-state index in [0.29, 0.717) is 12.8 Å². The van der Waals surface area contributed by atoms with Crippen LogP contribution in [0.15, 0.2) is 10.2 Å². The third-order valence-corrected chi connectivity index (χ3v) is 3.87. The van der Waals surface area contributed by atoms with Gasteiger partial charge in [-0.15, -0.1) is 0 Å². The zero-order chi connectivity index (χ0) is 18.2. The molecule has 2 amide bonds. The molecule has 0 heterocycles. The lowest BCUT2D eigenvalue weighted by molar-refractivity contribution is -0.122. The van der Waals surface area contributed by atoms with E-state index in [1.807, 2.05) is 27.7 Å².